The summed E-state index contributed by atoms with van der Waals surface area (Å²) in [6.07, 6.45) is -2.62. The molecule has 1 heterocycles. The predicted octanol–water partition coefficient (Wildman–Crippen LogP) is 1.82. The second-order valence-corrected chi connectivity index (χ2v) is 2.46. The number of aliphatic hydroxyl groups excluding tert-OH is 1. The number of aromatic nitrogens is 1. The van der Waals surface area contributed by atoms with Crippen LogP contribution in [-0.4, -0.2) is 10.1 Å². The van der Waals surface area contributed by atoms with Gasteiger partial charge in [0.25, 0.3) is 6.43 Å². The molecule has 1 aromatic rings. The van der Waals surface area contributed by atoms with Gasteiger partial charge in [-0.2, -0.15) is 0 Å². The van der Waals surface area contributed by atoms with E-state index in [0.717, 1.165) is 0 Å². The van der Waals surface area contributed by atoms with E-state index in [9.17, 15) is 8.78 Å². The minimum Gasteiger partial charge on any atom is -0.392 e. The summed E-state index contributed by atoms with van der Waals surface area (Å²) in [6.45, 7) is 1.24. The maximum Gasteiger partial charge on any atom is 0.280 e. The van der Waals surface area contributed by atoms with Gasteiger partial charge < -0.3 is 5.11 Å². The van der Waals surface area contributed by atoms with E-state index in [-0.39, 0.29) is 11.3 Å². The first kappa shape index (κ1) is 9.06. The fourth-order valence-electron chi connectivity index (χ4n) is 0.928. The Hall–Kier alpha value is -1.03. The fraction of sp³-hybridized carbons (Fsp3) is 0.375. The molecule has 1 N–H and O–H groups in total. The summed E-state index contributed by atoms with van der Waals surface area (Å²) >= 11 is 0. The van der Waals surface area contributed by atoms with Gasteiger partial charge in [-0.25, -0.2) is 8.78 Å². The molecule has 1 rings (SSSR count). The van der Waals surface area contributed by atoms with Crippen molar-refractivity contribution in [2.75, 3.05) is 0 Å². The lowest BCUT2D eigenvalue weighted by Gasteiger charge is -2.05. The van der Waals surface area contributed by atoms with Gasteiger partial charge in [-0.05, 0) is 13.0 Å². The molecule has 0 aliphatic heterocycles. The summed E-state index contributed by atoms with van der Waals surface area (Å²) in [5, 5.41) is 8.68. The number of pyridine rings is 1. The molecule has 0 bridgehead atoms. The monoisotopic (exact) mass is 173 g/mol. The number of hydrogen-bond donors (Lipinski definition) is 1. The zero-order valence-corrected chi connectivity index (χ0v) is 6.59. The van der Waals surface area contributed by atoms with Crippen molar-refractivity contribution < 1.29 is 13.9 Å². The molecule has 0 atom stereocenters. The highest BCUT2D eigenvalue weighted by molar-refractivity contribution is 5.22. The van der Waals surface area contributed by atoms with Crippen molar-refractivity contribution in [2.24, 2.45) is 0 Å². The van der Waals surface area contributed by atoms with E-state index in [4.69, 9.17) is 5.11 Å². The normalized spacial score (nSPS) is 10.8. The highest BCUT2D eigenvalue weighted by Crippen LogP contribution is 2.20. The van der Waals surface area contributed by atoms with Crippen LogP contribution in [0.15, 0.2) is 12.1 Å². The van der Waals surface area contributed by atoms with Crippen LogP contribution in [0.1, 0.15) is 23.4 Å². The molecule has 0 aliphatic rings. The molecular weight excluding hydrogens is 164 g/mol. The molecule has 0 aromatic carbocycles. The second-order valence-electron chi connectivity index (χ2n) is 2.46. The average Bonchev–Trinajstić information content (AvgIpc) is 2.04. The minimum absolute atomic E-state index is 0.190. The number of aryl methyl sites for hydroxylation is 1. The molecule has 4 heteroatoms. The van der Waals surface area contributed by atoms with E-state index in [1.165, 1.54) is 6.07 Å². The summed E-state index contributed by atoms with van der Waals surface area (Å²) < 4.78 is 24.4. The molecule has 0 fully saturated rings. The van der Waals surface area contributed by atoms with Crippen LogP contribution in [0.2, 0.25) is 0 Å². The fourth-order valence-corrected chi connectivity index (χ4v) is 0.928. The molecule has 1 aromatic heterocycles. The van der Waals surface area contributed by atoms with Gasteiger partial charge in [0.15, 0.2) is 0 Å². The van der Waals surface area contributed by atoms with Crippen LogP contribution in [-0.2, 0) is 6.61 Å². The third kappa shape index (κ3) is 1.76. The Labute approximate surface area is 68.9 Å². The maximum absolute atomic E-state index is 12.2. The number of hydrogen-bond acceptors (Lipinski definition) is 2. The van der Waals surface area contributed by atoms with Gasteiger partial charge in [0, 0.05) is 11.3 Å². The second kappa shape index (κ2) is 3.58. The van der Waals surface area contributed by atoms with Crippen molar-refractivity contribution in [3.63, 3.8) is 0 Å². The third-order valence-corrected chi connectivity index (χ3v) is 1.53. The lowest BCUT2D eigenvalue weighted by molar-refractivity contribution is 0.141. The van der Waals surface area contributed by atoms with Crippen molar-refractivity contribution in [2.45, 2.75) is 20.0 Å². The zero-order chi connectivity index (χ0) is 9.14. The first-order chi connectivity index (χ1) is 5.65. The Balaban J connectivity index is 3.12. The third-order valence-electron chi connectivity index (χ3n) is 1.53. The summed E-state index contributed by atoms with van der Waals surface area (Å²) in [5.41, 5.74) is 0.399. The van der Waals surface area contributed by atoms with Crippen LogP contribution in [0.25, 0.3) is 0 Å². The number of aliphatic hydroxyl groups is 1. The minimum atomic E-state index is -2.62. The highest BCUT2D eigenvalue weighted by atomic mass is 19.3. The van der Waals surface area contributed by atoms with Gasteiger partial charge >= 0.3 is 0 Å². The molecule has 0 saturated carbocycles. The Kier molecular flexibility index (Phi) is 2.70. The Bertz CT molecular complexity index is 276. The molecule has 0 aliphatic carbocycles. The van der Waals surface area contributed by atoms with E-state index in [2.05, 4.69) is 4.98 Å². The van der Waals surface area contributed by atoms with E-state index < -0.39 is 13.0 Å². The van der Waals surface area contributed by atoms with E-state index in [1.54, 1.807) is 13.0 Å². The maximum atomic E-state index is 12.2. The summed E-state index contributed by atoms with van der Waals surface area (Å²) in [6, 6.07) is 3.06. The van der Waals surface area contributed by atoms with E-state index in [0.29, 0.717) is 5.69 Å². The van der Waals surface area contributed by atoms with E-state index >= 15 is 0 Å². The van der Waals surface area contributed by atoms with Crippen LogP contribution in [0.4, 0.5) is 8.78 Å². The van der Waals surface area contributed by atoms with Crippen LogP contribution in [0.3, 0.4) is 0 Å². The van der Waals surface area contributed by atoms with Crippen molar-refractivity contribution in [3.05, 3.63) is 29.1 Å². The zero-order valence-electron chi connectivity index (χ0n) is 6.59. The molecule has 12 heavy (non-hydrogen) atoms. The standard InChI is InChI=1S/C8H9F2NO/c1-5-2-3-6(4-12)7(11-5)8(9)10/h2-3,8,12H,4H2,1H3. The number of alkyl halides is 2. The predicted molar refractivity (Wildman–Crippen MR) is 39.9 cm³/mol. The van der Waals surface area contributed by atoms with Gasteiger partial charge in [0.05, 0.1) is 6.61 Å². The number of nitrogens with zero attached hydrogens (tertiary/aromatic N) is 1. The SMILES string of the molecule is Cc1ccc(CO)c(C(F)F)n1. The first-order valence-electron chi connectivity index (χ1n) is 3.50. The topological polar surface area (TPSA) is 33.1 Å². The average molecular weight is 173 g/mol. The van der Waals surface area contributed by atoms with Gasteiger partial charge in [-0.15, -0.1) is 0 Å². The largest absolute Gasteiger partial charge is 0.392 e. The molecule has 0 spiro atoms. The van der Waals surface area contributed by atoms with Crippen LogP contribution in [0, 0.1) is 6.92 Å². The van der Waals surface area contributed by atoms with Crippen molar-refractivity contribution >= 4 is 0 Å². The molecule has 2 nitrogen and oxygen atoms in total. The Morgan fingerprint density at radius 3 is 2.67 bits per heavy atom. The Morgan fingerprint density at radius 2 is 2.17 bits per heavy atom. The van der Waals surface area contributed by atoms with Gasteiger partial charge in [0.2, 0.25) is 0 Å². The molecule has 0 saturated heterocycles. The molecule has 66 valence electrons. The first-order valence-corrected chi connectivity index (χ1v) is 3.50. The quantitative estimate of drug-likeness (QED) is 0.739. The van der Waals surface area contributed by atoms with Crippen LogP contribution < -0.4 is 0 Å². The van der Waals surface area contributed by atoms with Gasteiger partial charge in [-0.1, -0.05) is 6.07 Å². The van der Waals surface area contributed by atoms with Crippen molar-refractivity contribution in [1.29, 1.82) is 0 Å². The van der Waals surface area contributed by atoms with Gasteiger partial charge in [0.1, 0.15) is 5.69 Å². The van der Waals surface area contributed by atoms with Crippen LogP contribution >= 0.6 is 0 Å². The van der Waals surface area contributed by atoms with E-state index in [1.807, 2.05) is 0 Å². The van der Waals surface area contributed by atoms with Crippen LogP contribution in [0.5, 0.6) is 0 Å². The van der Waals surface area contributed by atoms with Crippen molar-refractivity contribution in [1.82, 2.24) is 4.98 Å². The summed E-state index contributed by atoms with van der Waals surface area (Å²) in [5.74, 6) is 0. The molecular formula is C8H9F2NO. The Morgan fingerprint density at radius 1 is 1.50 bits per heavy atom. The molecule has 0 unspecified atom stereocenters. The summed E-state index contributed by atoms with van der Waals surface area (Å²) in [4.78, 5) is 3.63. The lowest BCUT2D eigenvalue weighted by atomic mass is 10.2. The lowest BCUT2D eigenvalue weighted by Crippen LogP contribution is -1.99. The molecule has 0 amide bonds. The number of rotatable bonds is 2. The highest BCUT2D eigenvalue weighted by Gasteiger charge is 2.13. The smallest absolute Gasteiger partial charge is 0.280 e. The molecule has 0 radical (unpaired) electrons. The summed E-state index contributed by atoms with van der Waals surface area (Å²) in [7, 11) is 0. The number of halogens is 2. The van der Waals surface area contributed by atoms with Gasteiger partial charge in [-0.3, -0.25) is 4.98 Å². The van der Waals surface area contributed by atoms with Crippen molar-refractivity contribution in [3.8, 4) is 0 Å².